The first kappa shape index (κ1) is 16.5. The molecule has 3 aliphatic heterocycles. The van der Waals surface area contributed by atoms with Crippen LogP contribution in [0.15, 0.2) is 4.99 Å². The molecule has 0 radical (unpaired) electrons. The minimum Gasteiger partial charge on any atom is -0.369 e. The van der Waals surface area contributed by atoms with E-state index >= 15 is 0 Å². The van der Waals surface area contributed by atoms with Crippen molar-refractivity contribution in [1.29, 1.82) is 0 Å². The number of piperazine rings is 1. The van der Waals surface area contributed by atoms with Crippen LogP contribution in [0.2, 0.25) is 0 Å². The van der Waals surface area contributed by atoms with Crippen molar-refractivity contribution in [2.75, 3.05) is 46.3 Å². The van der Waals surface area contributed by atoms with Crippen molar-refractivity contribution in [2.45, 2.75) is 19.1 Å². The van der Waals surface area contributed by atoms with Crippen molar-refractivity contribution in [3.63, 3.8) is 0 Å². The fourth-order valence-corrected chi connectivity index (χ4v) is 3.44. The van der Waals surface area contributed by atoms with E-state index in [0.29, 0.717) is 32.7 Å². The van der Waals surface area contributed by atoms with Gasteiger partial charge in [0.25, 0.3) is 5.91 Å². The normalized spacial score (nSPS) is 27.9. The number of fused-ring (bicyclic) bond motifs is 1. The number of hydrogen-bond acceptors (Lipinski definition) is 7. The van der Waals surface area contributed by atoms with Gasteiger partial charge in [-0.1, -0.05) is 0 Å². The molecule has 3 N–H and O–H groups in total. The Kier molecular flexibility index (Phi) is 4.31. The number of amides is 4. The van der Waals surface area contributed by atoms with Crippen molar-refractivity contribution in [3.05, 3.63) is 0 Å². The van der Waals surface area contributed by atoms with Gasteiger partial charge < -0.3 is 20.4 Å². The molecule has 3 aliphatic rings. The Morgan fingerprint density at radius 1 is 1.29 bits per heavy atom. The molecule has 0 aliphatic carbocycles. The number of carbonyl (C=O) groups is 3. The lowest BCUT2D eigenvalue weighted by Crippen LogP contribution is -2.64. The van der Waals surface area contributed by atoms with Gasteiger partial charge in [-0.2, -0.15) is 0 Å². The summed E-state index contributed by atoms with van der Waals surface area (Å²) < 4.78 is 0. The molecule has 10 nitrogen and oxygen atoms in total. The number of aliphatic imine (C=N–C) groups is 1. The zero-order valence-corrected chi connectivity index (χ0v) is 13.9. The van der Waals surface area contributed by atoms with Crippen molar-refractivity contribution in [1.82, 2.24) is 24.9 Å². The van der Waals surface area contributed by atoms with Gasteiger partial charge in [-0.3, -0.25) is 19.8 Å². The predicted molar refractivity (Wildman–Crippen MR) is 85.9 cm³/mol. The summed E-state index contributed by atoms with van der Waals surface area (Å²) in [6.07, 6.45) is -0.496. The van der Waals surface area contributed by atoms with Gasteiger partial charge in [-0.15, -0.1) is 0 Å². The maximum absolute atomic E-state index is 12.3. The molecule has 3 heterocycles. The van der Waals surface area contributed by atoms with Crippen molar-refractivity contribution in [2.24, 2.45) is 10.7 Å². The lowest BCUT2D eigenvalue weighted by molar-refractivity contribution is -0.127. The molecule has 3 rings (SSSR count). The molecule has 2 unspecified atom stereocenters. The number of urea groups is 1. The Hall–Kier alpha value is -2.36. The zero-order valence-electron chi connectivity index (χ0n) is 13.9. The van der Waals surface area contributed by atoms with Crippen molar-refractivity contribution in [3.8, 4) is 0 Å². The van der Waals surface area contributed by atoms with Crippen LogP contribution >= 0.6 is 0 Å². The Balaban J connectivity index is 1.74. The number of hydrogen-bond donors (Lipinski definition) is 2. The molecule has 0 aromatic heterocycles. The Bertz CT molecular complexity index is 585. The van der Waals surface area contributed by atoms with E-state index < -0.39 is 18.2 Å². The quantitative estimate of drug-likeness (QED) is 0.596. The highest BCUT2D eigenvalue weighted by Gasteiger charge is 2.49. The molecule has 132 valence electrons. The number of guanidine groups is 1. The van der Waals surface area contributed by atoms with E-state index in [1.54, 1.807) is 7.05 Å². The summed E-state index contributed by atoms with van der Waals surface area (Å²) in [7, 11) is 1.64. The van der Waals surface area contributed by atoms with Crippen LogP contribution in [0.4, 0.5) is 4.79 Å². The van der Waals surface area contributed by atoms with Crippen LogP contribution in [-0.2, 0) is 9.59 Å². The van der Waals surface area contributed by atoms with Gasteiger partial charge in [0, 0.05) is 39.8 Å². The number of nitrogens with zero attached hydrogens (tertiary/aromatic N) is 5. The number of carbonyl (C=O) groups excluding carboxylic acids is 3. The van der Waals surface area contributed by atoms with E-state index in [9.17, 15) is 14.4 Å². The molecule has 0 bridgehead atoms. The van der Waals surface area contributed by atoms with E-state index in [0.717, 1.165) is 5.96 Å². The summed E-state index contributed by atoms with van der Waals surface area (Å²) in [5.74, 6) is 0.0960. The van der Waals surface area contributed by atoms with E-state index in [1.165, 1.54) is 4.90 Å². The first-order valence-corrected chi connectivity index (χ1v) is 8.10. The lowest BCUT2D eigenvalue weighted by Gasteiger charge is -2.39. The third-order valence-electron chi connectivity index (χ3n) is 4.71. The van der Waals surface area contributed by atoms with Crippen LogP contribution in [0, 0.1) is 0 Å². The average Bonchev–Trinajstić information content (AvgIpc) is 2.93. The van der Waals surface area contributed by atoms with Gasteiger partial charge in [0.05, 0.1) is 6.54 Å². The summed E-state index contributed by atoms with van der Waals surface area (Å²) in [6, 6.07) is -0.912. The van der Waals surface area contributed by atoms with E-state index in [2.05, 4.69) is 15.2 Å². The van der Waals surface area contributed by atoms with Gasteiger partial charge in [-0.25, -0.2) is 9.79 Å². The van der Waals surface area contributed by atoms with Crippen LogP contribution in [0.3, 0.4) is 0 Å². The van der Waals surface area contributed by atoms with Crippen LogP contribution < -0.4 is 11.1 Å². The third kappa shape index (κ3) is 2.77. The van der Waals surface area contributed by atoms with Gasteiger partial charge in [0.2, 0.25) is 5.91 Å². The summed E-state index contributed by atoms with van der Waals surface area (Å²) in [5.41, 5.74) is 5.24. The van der Waals surface area contributed by atoms with Crippen LogP contribution in [0.5, 0.6) is 0 Å². The molecule has 0 spiro atoms. The Morgan fingerprint density at radius 2 is 1.96 bits per heavy atom. The summed E-state index contributed by atoms with van der Waals surface area (Å²) in [5, 5.41) is 2.37. The second kappa shape index (κ2) is 6.27. The first-order chi connectivity index (χ1) is 11.4. The lowest BCUT2D eigenvalue weighted by atomic mass is 10.1. The van der Waals surface area contributed by atoms with E-state index in [-0.39, 0.29) is 18.4 Å². The molecule has 10 heteroatoms. The highest BCUT2D eigenvalue weighted by Crippen LogP contribution is 2.25. The van der Waals surface area contributed by atoms with Gasteiger partial charge >= 0.3 is 6.03 Å². The zero-order chi connectivity index (χ0) is 17.4. The molecule has 24 heavy (non-hydrogen) atoms. The maximum atomic E-state index is 12.3. The Labute approximate surface area is 140 Å². The number of nitrogens with two attached hydrogens (primary N) is 1. The highest BCUT2D eigenvalue weighted by atomic mass is 16.2. The molecule has 0 aromatic carbocycles. The number of likely N-dealkylation sites (N-methyl/N-ethyl adjacent to an activating group) is 2. The third-order valence-corrected chi connectivity index (χ3v) is 4.71. The minimum absolute atomic E-state index is 0.253. The fraction of sp³-hybridized carbons (Fsp3) is 0.714. The van der Waals surface area contributed by atoms with Crippen molar-refractivity contribution >= 4 is 23.8 Å². The fourth-order valence-electron chi connectivity index (χ4n) is 3.44. The second-order valence-corrected chi connectivity index (χ2v) is 6.21. The predicted octanol–water partition coefficient (Wildman–Crippen LogP) is -2.34. The first-order valence-electron chi connectivity index (χ1n) is 8.10. The van der Waals surface area contributed by atoms with Crippen LogP contribution in [0.1, 0.15) is 6.92 Å². The highest BCUT2D eigenvalue weighted by molar-refractivity contribution is 6.03. The smallest absolute Gasteiger partial charge is 0.325 e. The van der Waals surface area contributed by atoms with Gasteiger partial charge in [0.1, 0.15) is 0 Å². The van der Waals surface area contributed by atoms with Crippen LogP contribution in [-0.4, -0.2) is 102 Å². The molecule has 4 amide bonds. The number of nitrogens with one attached hydrogen (secondary N) is 1. The van der Waals surface area contributed by atoms with Crippen LogP contribution in [0.25, 0.3) is 0 Å². The maximum Gasteiger partial charge on any atom is 0.325 e. The van der Waals surface area contributed by atoms with Gasteiger partial charge in [0.15, 0.2) is 18.2 Å². The van der Waals surface area contributed by atoms with E-state index in [1.807, 2.05) is 16.7 Å². The molecule has 2 atom stereocenters. The average molecular weight is 337 g/mol. The summed E-state index contributed by atoms with van der Waals surface area (Å²) in [6.45, 7) is 5.64. The second-order valence-electron chi connectivity index (χ2n) is 6.21. The van der Waals surface area contributed by atoms with Crippen molar-refractivity contribution < 1.29 is 14.4 Å². The molecule has 0 saturated carbocycles. The number of imide groups is 1. The minimum atomic E-state index is -0.496. The standard InChI is InChI=1S/C14H23N7O3/c1-3-21-10-11(18(2)14(24)17-12(10)23)16-13(21)20-6-4-19(5-7-20)8-9(15)22/h10-11H,3-8H2,1-2H3,(H2,15,22)(H,17,23,24). The number of rotatable bonds is 3. The topological polar surface area (TPSA) is 115 Å². The van der Waals surface area contributed by atoms with E-state index in [4.69, 9.17) is 5.73 Å². The monoisotopic (exact) mass is 337 g/mol. The Morgan fingerprint density at radius 3 is 2.54 bits per heavy atom. The molecule has 2 saturated heterocycles. The largest absolute Gasteiger partial charge is 0.369 e. The molecule has 2 fully saturated rings. The SMILES string of the molecule is CCN1C(N2CCN(CC(N)=O)CC2)=NC2C1C(=O)NC(=O)N2C. The molecular formula is C14H23N7O3. The molecule has 0 aromatic rings. The van der Waals surface area contributed by atoms with Gasteiger partial charge in [-0.05, 0) is 6.92 Å². The summed E-state index contributed by atoms with van der Waals surface area (Å²) in [4.78, 5) is 47.3. The summed E-state index contributed by atoms with van der Waals surface area (Å²) >= 11 is 0. The number of primary amides is 1. The molecular weight excluding hydrogens is 314 g/mol.